The summed E-state index contributed by atoms with van der Waals surface area (Å²) < 4.78 is 8.88. The van der Waals surface area contributed by atoms with Gasteiger partial charge in [0.05, 0.1) is 22.1 Å². The highest BCUT2D eigenvalue weighted by Crippen LogP contribution is 2.40. The Morgan fingerprint density at radius 3 is 1.53 bits per heavy atom. The predicted molar refractivity (Wildman–Crippen MR) is 257 cm³/mol. The Kier molecular flexibility index (Phi) is 9.02. The maximum atomic E-state index is 6.59. The highest BCUT2D eigenvalue weighted by atomic mass is 16.3. The zero-order valence-electron chi connectivity index (χ0n) is 31.9. The molecular weight excluding hydrogens is 721 g/mol. The molecule has 0 aliphatic carbocycles. The molecule has 0 unspecified atom stereocenters. The van der Waals surface area contributed by atoms with E-state index in [1.54, 1.807) is 0 Å². The molecule has 0 saturated carbocycles. The minimum absolute atomic E-state index is 0.00458. The van der Waals surface area contributed by atoms with E-state index in [9.17, 15) is 0 Å². The first kappa shape index (κ1) is 38.0. The average Bonchev–Trinajstić information content (AvgIpc) is 3.82. The number of rotatable bonds is 5. The molecule has 0 aliphatic heterocycles. The number of benzene rings is 7. The lowest BCUT2D eigenvalue weighted by atomic mass is 9.60. The SMILES string of the molecule is [B]c1c([B])c([B])c(-c2nc(-c3ccc4c(c3)oc3cccc(-n5c6ccccc6c6cc(-c7ccccc7)ccc65)c34)nc(-c3c([B])c([B])c([B])c([B])c3[B])n2)c([B])c1[B]. The molecule has 20 radical (unpaired) electrons. The minimum Gasteiger partial charge on any atom is -0.456 e. The molecule has 254 valence electrons. The first-order valence-electron chi connectivity index (χ1n) is 18.8. The van der Waals surface area contributed by atoms with Crippen molar-refractivity contribution in [2.75, 3.05) is 0 Å². The molecule has 5 nitrogen and oxygen atoms in total. The Balaban J connectivity index is 1.19. The third-order valence-corrected chi connectivity index (χ3v) is 11.2. The second-order valence-electron chi connectivity index (χ2n) is 14.6. The Hall–Kier alpha value is -6.20. The van der Waals surface area contributed by atoms with Crippen molar-refractivity contribution in [3.63, 3.8) is 0 Å². The molecule has 0 saturated heterocycles. The van der Waals surface area contributed by atoms with E-state index >= 15 is 0 Å². The van der Waals surface area contributed by atoms with E-state index in [0.29, 0.717) is 16.7 Å². The lowest BCUT2D eigenvalue weighted by Gasteiger charge is -2.22. The van der Waals surface area contributed by atoms with Crippen LogP contribution in [0.4, 0.5) is 0 Å². The van der Waals surface area contributed by atoms with Crippen LogP contribution in [-0.2, 0) is 0 Å². The first-order valence-corrected chi connectivity index (χ1v) is 18.8. The van der Waals surface area contributed by atoms with E-state index in [4.69, 9.17) is 97.8 Å². The average molecular weight is 739 g/mol. The Labute approximate surface area is 359 Å². The summed E-state index contributed by atoms with van der Waals surface area (Å²) in [6, 6.07) is 37.1. The summed E-state index contributed by atoms with van der Waals surface area (Å²) in [7, 11) is 63.3. The fourth-order valence-electron chi connectivity index (χ4n) is 8.08. The van der Waals surface area contributed by atoms with E-state index in [0.717, 1.165) is 49.4 Å². The van der Waals surface area contributed by atoms with E-state index in [2.05, 4.69) is 65.2 Å². The van der Waals surface area contributed by atoms with Crippen LogP contribution in [-0.4, -0.2) is 98.0 Å². The summed E-state index contributed by atoms with van der Waals surface area (Å²) in [5, 5.41) is 4.06. The highest BCUT2D eigenvalue weighted by molar-refractivity contribution is 6.70. The van der Waals surface area contributed by atoms with Crippen molar-refractivity contribution in [1.29, 1.82) is 0 Å². The molecule has 3 heterocycles. The van der Waals surface area contributed by atoms with Gasteiger partial charge in [-0.05, 0) is 53.6 Å². The third kappa shape index (κ3) is 5.73. The van der Waals surface area contributed by atoms with Gasteiger partial charge in [0, 0.05) is 32.8 Å². The second kappa shape index (κ2) is 14.2. The molecule has 10 aromatic rings. The van der Waals surface area contributed by atoms with Crippen molar-refractivity contribution in [2.45, 2.75) is 0 Å². The number of aromatic nitrogens is 4. The van der Waals surface area contributed by atoms with E-state index in [-0.39, 0.29) is 83.2 Å². The van der Waals surface area contributed by atoms with Gasteiger partial charge in [0.1, 0.15) is 89.6 Å². The van der Waals surface area contributed by atoms with Gasteiger partial charge in [-0.1, -0.05) is 88.6 Å². The number of para-hydroxylation sites is 1. The van der Waals surface area contributed by atoms with Gasteiger partial charge in [0.15, 0.2) is 17.5 Å². The zero-order chi connectivity index (χ0) is 41.7. The molecule has 10 rings (SSSR count). The second-order valence-corrected chi connectivity index (χ2v) is 14.6. The maximum absolute atomic E-state index is 6.59. The topological polar surface area (TPSA) is 56.7 Å². The third-order valence-electron chi connectivity index (χ3n) is 11.2. The van der Waals surface area contributed by atoms with Crippen molar-refractivity contribution >= 4 is 177 Å². The highest BCUT2D eigenvalue weighted by Gasteiger charge is 2.23. The van der Waals surface area contributed by atoms with Gasteiger partial charge in [-0.15, -0.1) is 32.8 Å². The monoisotopic (exact) mass is 740 g/mol. The van der Waals surface area contributed by atoms with Crippen LogP contribution in [0.1, 0.15) is 0 Å². The van der Waals surface area contributed by atoms with Crippen LogP contribution in [0.5, 0.6) is 0 Å². The van der Waals surface area contributed by atoms with Crippen molar-refractivity contribution in [1.82, 2.24) is 19.5 Å². The van der Waals surface area contributed by atoms with Gasteiger partial charge in [-0.3, -0.25) is 0 Å². The predicted octanol–water partition coefficient (Wildman–Crippen LogP) is -0.526. The minimum atomic E-state index is 0.00458. The van der Waals surface area contributed by atoms with Crippen LogP contribution in [0.25, 0.3) is 94.7 Å². The van der Waals surface area contributed by atoms with Crippen molar-refractivity contribution in [3.05, 3.63) is 109 Å². The summed E-state index contributed by atoms with van der Waals surface area (Å²) in [6.45, 7) is 0. The lowest BCUT2D eigenvalue weighted by molar-refractivity contribution is 0.669. The van der Waals surface area contributed by atoms with Crippen LogP contribution in [0.2, 0.25) is 0 Å². The first-order chi connectivity index (χ1) is 28.9. The molecule has 0 bridgehead atoms. The lowest BCUT2D eigenvalue weighted by Crippen LogP contribution is -2.55. The summed E-state index contributed by atoms with van der Waals surface area (Å²) in [5.74, 6) is 0.185. The fraction of sp³-hybridized carbons (Fsp3) is 0. The van der Waals surface area contributed by atoms with Gasteiger partial charge in [0.25, 0.3) is 0 Å². The van der Waals surface area contributed by atoms with Crippen molar-refractivity contribution in [2.24, 2.45) is 0 Å². The normalized spacial score (nSPS) is 11.7. The maximum Gasteiger partial charge on any atom is 0.164 e. The molecule has 0 amide bonds. The molecule has 15 heteroatoms. The quantitative estimate of drug-likeness (QED) is 0.223. The van der Waals surface area contributed by atoms with Crippen molar-refractivity contribution < 1.29 is 4.42 Å². The smallest absolute Gasteiger partial charge is 0.164 e. The van der Waals surface area contributed by atoms with Crippen LogP contribution < -0.4 is 54.6 Å². The molecule has 0 fully saturated rings. The number of hydrogen-bond donors (Lipinski definition) is 0. The van der Waals surface area contributed by atoms with Crippen LogP contribution in [0.15, 0.2) is 114 Å². The fourth-order valence-corrected chi connectivity index (χ4v) is 8.08. The summed E-state index contributed by atoms with van der Waals surface area (Å²) >= 11 is 0. The van der Waals surface area contributed by atoms with E-state index < -0.39 is 0 Å². The molecule has 60 heavy (non-hydrogen) atoms. The standard InChI is InChI=1S/C45H18B10N4O/c46-33-31(34(47)38(51)41(54)37(33)50)44-56-43(57-45(58-44)32-35(48)39(52)42(55)40(53)36(32)49)21-13-15-23-29(18-21)60-28-12-6-11-27(30(23)28)59-25-10-5-4-9-22(25)24-17-20(14-16-26(24)59)19-7-2-1-3-8-19/h1-18H. The van der Waals surface area contributed by atoms with Crippen LogP contribution >= 0.6 is 0 Å². The van der Waals surface area contributed by atoms with E-state index in [1.165, 1.54) is 0 Å². The number of hydrogen-bond acceptors (Lipinski definition) is 4. The molecule has 0 aliphatic rings. The van der Waals surface area contributed by atoms with E-state index in [1.807, 2.05) is 48.5 Å². The van der Waals surface area contributed by atoms with Gasteiger partial charge in [0.2, 0.25) is 0 Å². The Bertz CT molecular complexity index is 3310. The summed E-state index contributed by atoms with van der Waals surface area (Å²) in [5.41, 5.74) is 7.61. The molecule has 3 aromatic heterocycles. The van der Waals surface area contributed by atoms with Crippen LogP contribution in [0, 0.1) is 0 Å². The Morgan fingerprint density at radius 1 is 0.367 bits per heavy atom. The molecule has 0 atom stereocenters. The van der Waals surface area contributed by atoms with Crippen LogP contribution in [0.3, 0.4) is 0 Å². The molecule has 0 spiro atoms. The summed E-state index contributed by atoms with van der Waals surface area (Å²) in [4.78, 5) is 14.3. The van der Waals surface area contributed by atoms with Gasteiger partial charge >= 0.3 is 0 Å². The number of furan rings is 1. The number of fused-ring (bicyclic) bond motifs is 6. The van der Waals surface area contributed by atoms with Crippen molar-refractivity contribution in [3.8, 4) is 51.0 Å². The molecular formula is C45H18B10N4O. The van der Waals surface area contributed by atoms with Gasteiger partial charge in [-0.25, -0.2) is 15.0 Å². The molecule has 0 N–H and O–H groups in total. The zero-order valence-corrected chi connectivity index (χ0v) is 31.9. The number of nitrogens with zero attached hydrogens (tertiary/aromatic N) is 4. The largest absolute Gasteiger partial charge is 0.456 e. The molecule has 7 aromatic carbocycles. The van der Waals surface area contributed by atoms with Gasteiger partial charge < -0.3 is 8.98 Å². The van der Waals surface area contributed by atoms with Gasteiger partial charge in [-0.2, -0.15) is 0 Å². The summed E-state index contributed by atoms with van der Waals surface area (Å²) in [6.07, 6.45) is 0. The Morgan fingerprint density at radius 2 is 0.900 bits per heavy atom.